The molecule has 0 unspecified atom stereocenters. The van der Waals surface area contributed by atoms with Gasteiger partial charge in [0.15, 0.2) is 0 Å². The molecule has 0 spiro atoms. The van der Waals surface area contributed by atoms with E-state index in [2.05, 4.69) is 21.8 Å². The molecule has 0 radical (unpaired) electrons. The molecule has 0 saturated carbocycles. The van der Waals surface area contributed by atoms with Crippen molar-refractivity contribution in [3.05, 3.63) is 102 Å². The number of fused-ring (bicyclic) bond motifs is 1. The van der Waals surface area contributed by atoms with Gasteiger partial charge >= 0.3 is 0 Å². The van der Waals surface area contributed by atoms with Crippen LogP contribution in [0.25, 0.3) is 10.9 Å². The van der Waals surface area contributed by atoms with Gasteiger partial charge in [0, 0.05) is 17.3 Å². The monoisotopic (exact) mass is 374 g/mol. The van der Waals surface area contributed by atoms with Gasteiger partial charge in [-0.15, -0.1) is 0 Å². The molecule has 4 rings (SSSR count). The highest BCUT2D eigenvalue weighted by atomic mass is 32.2. The van der Waals surface area contributed by atoms with Crippen molar-refractivity contribution in [2.75, 3.05) is 4.72 Å². The number of rotatable bonds is 5. The Bertz CT molecular complexity index is 1180. The molecule has 1 aromatic heterocycles. The Balaban J connectivity index is 1.64. The highest BCUT2D eigenvalue weighted by molar-refractivity contribution is 7.93. The van der Waals surface area contributed by atoms with Gasteiger partial charge in [0.1, 0.15) is 4.90 Å². The summed E-state index contributed by atoms with van der Waals surface area (Å²) in [7, 11) is -3.74. The molecule has 0 atom stereocenters. The van der Waals surface area contributed by atoms with Crippen molar-refractivity contribution < 1.29 is 8.42 Å². The summed E-state index contributed by atoms with van der Waals surface area (Å²) < 4.78 is 28.6. The van der Waals surface area contributed by atoms with Gasteiger partial charge in [-0.05, 0) is 41.8 Å². The molecule has 0 saturated heterocycles. The van der Waals surface area contributed by atoms with Crippen molar-refractivity contribution in [1.82, 2.24) is 4.98 Å². The number of hydrogen-bond acceptors (Lipinski definition) is 3. The SMILES string of the molecule is O=S(=O)(Nc1cccc(Cc2ccccc2)c1)c1cccc2cccnc12. The number of anilines is 1. The lowest BCUT2D eigenvalue weighted by Crippen LogP contribution is -2.14. The van der Waals surface area contributed by atoms with Gasteiger partial charge in [0.25, 0.3) is 10.0 Å². The summed E-state index contributed by atoms with van der Waals surface area (Å²) >= 11 is 0. The number of sulfonamides is 1. The van der Waals surface area contributed by atoms with E-state index >= 15 is 0 Å². The van der Waals surface area contributed by atoms with Gasteiger partial charge in [-0.2, -0.15) is 0 Å². The summed E-state index contributed by atoms with van der Waals surface area (Å²) in [6.07, 6.45) is 2.34. The summed E-state index contributed by atoms with van der Waals surface area (Å²) in [5, 5.41) is 0.790. The minimum absolute atomic E-state index is 0.175. The van der Waals surface area contributed by atoms with E-state index < -0.39 is 10.0 Å². The zero-order valence-corrected chi connectivity index (χ0v) is 15.4. The Morgan fingerprint density at radius 2 is 1.52 bits per heavy atom. The molecule has 4 aromatic rings. The van der Waals surface area contributed by atoms with Gasteiger partial charge in [-0.3, -0.25) is 9.71 Å². The Kier molecular flexibility index (Phi) is 4.60. The largest absolute Gasteiger partial charge is 0.280 e. The molecule has 0 fully saturated rings. The lowest BCUT2D eigenvalue weighted by molar-refractivity contribution is 0.602. The van der Waals surface area contributed by atoms with Crippen LogP contribution in [0.3, 0.4) is 0 Å². The van der Waals surface area contributed by atoms with Crippen LogP contribution in [0.2, 0.25) is 0 Å². The first-order chi connectivity index (χ1) is 13.1. The second kappa shape index (κ2) is 7.21. The van der Waals surface area contributed by atoms with Crippen LogP contribution in [-0.2, 0) is 16.4 Å². The maximum absolute atomic E-state index is 12.9. The lowest BCUT2D eigenvalue weighted by Gasteiger charge is -2.11. The molecule has 0 aliphatic rings. The zero-order chi connectivity index (χ0) is 18.7. The molecule has 0 aliphatic heterocycles. The number of aromatic nitrogens is 1. The average molecular weight is 374 g/mol. The van der Waals surface area contributed by atoms with Crippen molar-refractivity contribution >= 4 is 26.6 Å². The third-order valence-corrected chi connectivity index (χ3v) is 5.73. The van der Waals surface area contributed by atoms with Crippen LogP contribution in [0.5, 0.6) is 0 Å². The van der Waals surface area contributed by atoms with E-state index in [1.165, 1.54) is 5.56 Å². The summed E-state index contributed by atoms with van der Waals surface area (Å²) in [5.41, 5.74) is 3.22. The average Bonchev–Trinajstić information content (AvgIpc) is 2.68. The van der Waals surface area contributed by atoms with Crippen LogP contribution in [-0.4, -0.2) is 13.4 Å². The molecule has 1 N–H and O–H groups in total. The smallest absolute Gasteiger partial charge is 0.264 e. The lowest BCUT2D eigenvalue weighted by atomic mass is 10.0. The Hall–Kier alpha value is -3.18. The second-order valence-electron chi connectivity index (χ2n) is 6.30. The molecule has 0 aliphatic carbocycles. The first kappa shape index (κ1) is 17.2. The minimum Gasteiger partial charge on any atom is -0.280 e. The van der Waals surface area contributed by atoms with E-state index in [1.54, 1.807) is 30.5 Å². The predicted molar refractivity (Wildman–Crippen MR) is 108 cm³/mol. The number of benzene rings is 3. The fraction of sp³-hybridized carbons (Fsp3) is 0.0455. The fourth-order valence-corrected chi connectivity index (χ4v) is 4.31. The molecule has 1 heterocycles. The Morgan fingerprint density at radius 1 is 0.778 bits per heavy atom. The van der Waals surface area contributed by atoms with E-state index in [9.17, 15) is 8.42 Å². The molecular formula is C22H18N2O2S. The number of para-hydroxylation sites is 1. The second-order valence-corrected chi connectivity index (χ2v) is 7.95. The van der Waals surface area contributed by atoms with E-state index in [0.29, 0.717) is 11.2 Å². The van der Waals surface area contributed by atoms with Crippen LogP contribution in [0, 0.1) is 0 Å². The number of hydrogen-bond donors (Lipinski definition) is 1. The summed E-state index contributed by atoms with van der Waals surface area (Å²) in [4.78, 5) is 4.42. The van der Waals surface area contributed by atoms with Crippen LogP contribution >= 0.6 is 0 Å². The summed E-state index contributed by atoms with van der Waals surface area (Å²) in [6.45, 7) is 0. The van der Waals surface area contributed by atoms with E-state index in [4.69, 9.17) is 0 Å². The topological polar surface area (TPSA) is 59.1 Å². The van der Waals surface area contributed by atoms with Crippen molar-refractivity contribution in [2.45, 2.75) is 11.3 Å². The van der Waals surface area contributed by atoms with Gasteiger partial charge in [0.2, 0.25) is 0 Å². The van der Waals surface area contributed by atoms with E-state index in [1.807, 2.05) is 48.5 Å². The Morgan fingerprint density at radius 3 is 2.37 bits per heavy atom. The summed E-state index contributed by atoms with van der Waals surface area (Å²) in [5.74, 6) is 0. The molecule has 0 amide bonds. The van der Waals surface area contributed by atoms with Crippen LogP contribution in [0.1, 0.15) is 11.1 Å². The molecule has 4 nitrogen and oxygen atoms in total. The minimum atomic E-state index is -3.74. The zero-order valence-electron chi connectivity index (χ0n) is 14.5. The van der Waals surface area contributed by atoms with Crippen molar-refractivity contribution in [3.63, 3.8) is 0 Å². The van der Waals surface area contributed by atoms with Gasteiger partial charge in [-0.25, -0.2) is 8.42 Å². The van der Waals surface area contributed by atoms with Crippen LogP contribution in [0.4, 0.5) is 5.69 Å². The maximum Gasteiger partial charge on any atom is 0.264 e. The van der Waals surface area contributed by atoms with E-state index in [-0.39, 0.29) is 4.90 Å². The number of pyridine rings is 1. The van der Waals surface area contributed by atoms with Crippen molar-refractivity contribution in [1.29, 1.82) is 0 Å². The number of nitrogens with zero attached hydrogens (tertiary/aromatic N) is 1. The predicted octanol–water partition coefficient (Wildman–Crippen LogP) is 4.63. The van der Waals surface area contributed by atoms with Crippen molar-refractivity contribution in [2.24, 2.45) is 0 Å². The molecule has 5 heteroatoms. The molecule has 27 heavy (non-hydrogen) atoms. The number of nitrogens with one attached hydrogen (secondary N) is 1. The molecule has 134 valence electrons. The molecule has 3 aromatic carbocycles. The van der Waals surface area contributed by atoms with Gasteiger partial charge in [0.05, 0.1) is 5.52 Å². The quantitative estimate of drug-likeness (QED) is 0.554. The summed E-state index contributed by atoms with van der Waals surface area (Å²) in [6, 6.07) is 26.3. The highest BCUT2D eigenvalue weighted by Crippen LogP contribution is 2.24. The van der Waals surface area contributed by atoms with E-state index in [0.717, 1.165) is 17.4 Å². The maximum atomic E-state index is 12.9. The van der Waals surface area contributed by atoms with Crippen molar-refractivity contribution in [3.8, 4) is 0 Å². The normalized spacial score (nSPS) is 11.4. The first-order valence-corrected chi connectivity index (χ1v) is 10.1. The Labute approximate surface area is 158 Å². The van der Waals surface area contributed by atoms with Gasteiger partial charge in [-0.1, -0.05) is 60.7 Å². The first-order valence-electron chi connectivity index (χ1n) is 8.61. The third-order valence-electron chi connectivity index (χ3n) is 4.32. The highest BCUT2D eigenvalue weighted by Gasteiger charge is 2.18. The van der Waals surface area contributed by atoms with Crippen LogP contribution < -0.4 is 4.72 Å². The fourth-order valence-electron chi connectivity index (χ4n) is 3.08. The van der Waals surface area contributed by atoms with Crippen LogP contribution in [0.15, 0.2) is 96.0 Å². The van der Waals surface area contributed by atoms with Gasteiger partial charge < -0.3 is 0 Å². The standard InChI is InChI=1S/C22H18N2O2S/c25-27(26,21-13-5-10-19-11-6-14-23-22(19)21)24-20-12-4-9-18(16-20)15-17-7-2-1-3-8-17/h1-14,16,24H,15H2. The molecule has 0 bridgehead atoms. The molecular weight excluding hydrogens is 356 g/mol. The third kappa shape index (κ3) is 3.83.